The van der Waals surface area contributed by atoms with E-state index < -0.39 is 0 Å². The molecule has 7 heteroatoms. The summed E-state index contributed by atoms with van der Waals surface area (Å²) in [5.74, 6) is 2.67. The van der Waals surface area contributed by atoms with Crippen LogP contribution in [-0.2, 0) is 0 Å². The Labute approximate surface area is 185 Å². The zero-order valence-electron chi connectivity index (χ0n) is 17.5. The van der Waals surface area contributed by atoms with Gasteiger partial charge in [0.1, 0.15) is 11.6 Å². The van der Waals surface area contributed by atoms with Gasteiger partial charge in [0.05, 0.1) is 5.75 Å². The fourth-order valence-electron chi connectivity index (χ4n) is 3.89. The minimum atomic E-state index is 0.0795. The summed E-state index contributed by atoms with van der Waals surface area (Å²) in [6.45, 7) is 3.97. The summed E-state index contributed by atoms with van der Waals surface area (Å²) in [7, 11) is 0. The molecule has 3 aromatic heterocycles. The zero-order chi connectivity index (χ0) is 21.4. The Bertz CT molecular complexity index is 1230. The number of Topliss-reactive ketones (excluding diaryl/α,β-unsaturated/α-hetero) is 1. The fraction of sp³-hybridized carbons (Fsp3) is 0.250. The number of aromatic nitrogens is 5. The Morgan fingerprint density at radius 3 is 2.52 bits per heavy atom. The van der Waals surface area contributed by atoms with Gasteiger partial charge < -0.3 is 4.57 Å². The minimum Gasteiger partial charge on any atom is -0.302 e. The molecule has 4 aromatic rings. The van der Waals surface area contributed by atoms with Gasteiger partial charge >= 0.3 is 0 Å². The molecular weight excluding hydrogens is 406 g/mol. The normalized spacial score (nSPS) is 13.5. The van der Waals surface area contributed by atoms with Crippen LogP contribution in [0.15, 0.2) is 66.0 Å². The number of rotatable bonds is 7. The first-order valence-corrected chi connectivity index (χ1v) is 11.4. The van der Waals surface area contributed by atoms with Crippen molar-refractivity contribution in [2.45, 2.75) is 37.8 Å². The summed E-state index contributed by atoms with van der Waals surface area (Å²) >= 11 is 1.45. The van der Waals surface area contributed by atoms with Gasteiger partial charge in [0, 0.05) is 34.8 Å². The van der Waals surface area contributed by atoms with Crippen molar-refractivity contribution in [1.82, 2.24) is 24.3 Å². The lowest BCUT2D eigenvalue weighted by Crippen LogP contribution is -2.07. The van der Waals surface area contributed by atoms with Crippen molar-refractivity contribution in [2.24, 2.45) is 0 Å². The summed E-state index contributed by atoms with van der Waals surface area (Å²) in [5, 5.41) is 9.63. The van der Waals surface area contributed by atoms with Gasteiger partial charge in [-0.15, -0.1) is 10.2 Å². The second kappa shape index (κ2) is 8.15. The second-order valence-corrected chi connectivity index (χ2v) is 8.75. The number of nitrogens with zero attached hydrogens (tertiary/aromatic N) is 5. The molecule has 6 nitrogen and oxygen atoms in total. The van der Waals surface area contributed by atoms with Crippen LogP contribution >= 0.6 is 11.8 Å². The molecule has 1 aliphatic carbocycles. The number of aryl methyl sites for hydroxylation is 1. The number of ketones is 1. The van der Waals surface area contributed by atoms with Crippen LogP contribution in [0, 0.1) is 13.8 Å². The van der Waals surface area contributed by atoms with Gasteiger partial charge in [0.15, 0.2) is 10.9 Å². The van der Waals surface area contributed by atoms with Gasteiger partial charge in [-0.05, 0) is 57.0 Å². The van der Waals surface area contributed by atoms with Crippen LogP contribution in [-0.4, -0.2) is 35.9 Å². The van der Waals surface area contributed by atoms with Crippen LogP contribution in [0.25, 0.3) is 11.5 Å². The molecular formula is C24H23N5OS. The monoisotopic (exact) mass is 429 g/mol. The summed E-state index contributed by atoms with van der Waals surface area (Å²) in [6.07, 6.45) is 4.06. The Morgan fingerprint density at radius 1 is 1.03 bits per heavy atom. The van der Waals surface area contributed by atoms with Crippen molar-refractivity contribution in [3.05, 3.63) is 83.6 Å². The lowest BCUT2D eigenvalue weighted by atomic mass is 10.2. The Kier molecular flexibility index (Phi) is 5.19. The standard InChI is InChI=1S/C24H23N5OS/c1-16-14-20(17(2)28(16)22-10-6-7-13-25-22)21(30)15-31-24-27-26-23(18-11-12-18)29(24)19-8-4-3-5-9-19/h3-10,13-14,18H,11-12,15H2,1-2H3. The lowest BCUT2D eigenvalue weighted by Gasteiger charge is -2.10. The van der Waals surface area contributed by atoms with Crippen molar-refractivity contribution in [2.75, 3.05) is 5.75 Å². The van der Waals surface area contributed by atoms with Gasteiger partial charge in [-0.3, -0.25) is 9.36 Å². The van der Waals surface area contributed by atoms with E-state index >= 15 is 0 Å². The van der Waals surface area contributed by atoms with Crippen LogP contribution in [0.5, 0.6) is 0 Å². The first-order chi connectivity index (χ1) is 15.1. The first-order valence-electron chi connectivity index (χ1n) is 10.4. The third-order valence-corrected chi connectivity index (χ3v) is 6.49. The molecule has 0 spiro atoms. The number of hydrogen-bond acceptors (Lipinski definition) is 5. The smallest absolute Gasteiger partial charge is 0.196 e. The van der Waals surface area contributed by atoms with E-state index in [1.54, 1.807) is 6.20 Å². The van der Waals surface area contributed by atoms with E-state index in [0.717, 1.165) is 52.3 Å². The molecule has 0 atom stereocenters. The molecule has 0 unspecified atom stereocenters. The van der Waals surface area contributed by atoms with Crippen LogP contribution in [0.1, 0.15) is 46.3 Å². The van der Waals surface area contributed by atoms with E-state index in [1.165, 1.54) is 11.8 Å². The third-order valence-electron chi connectivity index (χ3n) is 5.56. The topological polar surface area (TPSA) is 65.6 Å². The molecule has 1 saturated carbocycles. The largest absolute Gasteiger partial charge is 0.302 e. The third kappa shape index (κ3) is 3.81. The molecule has 5 rings (SSSR count). The number of para-hydroxylation sites is 1. The minimum absolute atomic E-state index is 0.0795. The molecule has 31 heavy (non-hydrogen) atoms. The number of carbonyl (C=O) groups excluding carboxylic acids is 1. The van der Waals surface area contributed by atoms with Gasteiger partial charge in [0.25, 0.3) is 0 Å². The predicted molar refractivity (Wildman–Crippen MR) is 121 cm³/mol. The van der Waals surface area contributed by atoms with E-state index in [4.69, 9.17) is 0 Å². The van der Waals surface area contributed by atoms with E-state index in [2.05, 4.69) is 31.9 Å². The molecule has 1 aliphatic rings. The predicted octanol–water partition coefficient (Wildman–Crippen LogP) is 4.92. The molecule has 0 aliphatic heterocycles. The van der Waals surface area contributed by atoms with Gasteiger partial charge in [-0.25, -0.2) is 4.98 Å². The Morgan fingerprint density at radius 2 is 1.81 bits per heavy atom. The zero-order valence-corrected chi connectivity index (χ0v) is 18.3. The molecule has 0 radical (unpaired) electrons. The molecule has 156 valence electrons. The van der Waals surface area contributed by atoms with Gasteiger partial charge in [-0.1, -0.05) is 36.0 Å². The quantitative estimate of drug-likeness (QED) is 0.308. The van der Waals surface area contributed by atoms with Crippen LogP contribution in [0.4, 0.5) is 0 Å². The molecule has 0 bridgehead atoms. The molecule has 0 amide bonds. The van der Waals surface area contributed by atoms with Crippen molar-refractivity contribution in [3.8, 4) is 11.5 Å². The number of benzene rings is 1. The molecule has 1 fully saturated rings. The Balaban J connectivity index is 1.40. The van der Waals surface area contributed by atoms with Gasteiger partial charge in [0.2, 0.25) is 0 Å². The summed E-state index contributed by atoms with van der Waals surface area (Å²) in [5.41, 5.74) is 3.67. The van der Waals surface area contributed by atoms with Crippen molar-refractivity contribution < 1.29 is 4.79 Å². The molecule has 0 saturated heterocycles. The highest BCUT2D eigenvalue weighted by Gasteiger charge is 2.31. The average molecular weight is 430 g/mol. The molecule has 3 heterocycles. The lowest BCUT2D eigenvalue weighted by molar-refractivity contribution is 0.102. The van der Waals surface area contributed by atoms with Crippen LogP contribution < -0.4 is 0 Å². The Hall–Kier alpha value is -3.19. The summed E-state index contributed by atoms with van der Waals surface area (Å²) in [4.78, 5) is 17.6. The molecule has 1 aromatic carbocycles. The SMILES string of the molecule is Cc1cc(C(=O)CSc2nnc(C3CC3)n2-c2ccccc2)c(C)n1-c1ccccn1. The number of hydrogen-bond donors (Lipinski definition) is 0. The first kappa shape index (κ1) is 19.8. The number of carbonyl (C=O) groups is 1. The highest BCUT2D eigenvalue weighted by Crippen LogP contribution is 2.41. The highest BCUT2D eigenvalue weighted by molar-refractivity contribution is 7.99. The number of pyridine rings is 1. The van der Waals surface area contributed by atoms with E-state index in [9.17, 15) is 4.79 Å². The highest BCUT2D eigenvalue weighted by atomic mass is 32.2. The maximum atomic E-state index is 13.1. The maximum Gasteiger partial charge on any atom is 0.196 e. The average Bonchev–Trinajstić information content (AvgIpc) is 3.48. The van der Waals surface area contributed by atoms with Crippen LogP contribution in [0.3, 0.4) is 0 Å². The molecule has 0 N–H and O–H groups in total. The van der Waals surface area contributed by atoms with Gasteiger partial charge in [-0.2, -0.15) is 0 Å². The number of thioether (sulfide) groups is 1. The summed E-state index contributed by atoms with van der Waals surface area (Å²) < 4.78 is 4.13. The van der Waals surface area contributed by atoms with Crippen molar-refractivity contribution in [3.63, 3.8) is 0 Å². The summed E-state index contributed by atoms with van der Waals surface area (Å²) in [6, 6.07) is 17.9. The second-order valence-electron chi connectivity index (χ2n) is 7.81. The van der Waals surface area contributed by atoms with Crippen LogP contribution in [0.2, 0.25) is 0 Å². The maximum absolute atomic E-state index is 13.1. The van der Waals surface area contributed by atoms with E-state index in [-0.39, 0.29) is 5.78 Å². The van der Waals surface area contributed by atoms with E-state index in [1.807, 2.05) is 60.9 Å². The van der Waals surface area contributed by atoms with E-state index in [0.29, 0.717) is 11.7 Å². The fourth-order valence-corrected chi connectivity index (χ4v) is 4.73. The van der Waals surface area contributed by atoms with Crippen molar-refractivity contribution >= 4 is 17.5 Å². The van der Waals surface area contributed by atoms with Crippen molar-refractivity contribution in [1.29, 1.82) is 0 Å².